The number of pyridine rings is 1. The molecule has 158 valence electrons. The molecule has 0 aliphatic heterocycles. The Kier molecular flexibility index (Phi) is 5.50. The quantitative estimate of drug-likeness (QED) is 0.573. The van der Waals surface area contributed by atoms with Crippen LogP contribution in [0.2, 0.25) is 0 Å². The second kappa shape index (κ2) is 8.10. The molecule has 1 fully saturated rings. The predicted octanol–water partition coefficient (Wildman–Crippen LogP) is 4.46. The van der Waals surface area contributed by atoms with Crippen LogP contribution in [0.4, 0.5) is 13.2 Å². The van der Waals surface area contributed by atoms with Gasteiger partial charge in [0.1, 0.15) is 5.82 Å². The number of hydrogen-bond acceptors (Lipinski definition) is 5. The number of hydrogen-bond donors (Lipinski definition) is 2. The van der Waals surface area contributed by atoms with E-state index in [1.807, 2.05) is 18.2 Å². The number of nitrogens with zero attached hydrogens (tertiary/aromatic N) is 2. The van der Waals surface area contributed by atoms with E-state index in [1.165, 1.54) is 6.07 Å². The van der Waals surface area contributed by atoms with Crippen LogP contribution >= 0.6 is 11.3 Å². The van der Waals surface area contributed by atoms with Crippen LogP contribution in [-0.4, -0.2) is 33.6 Å². The molecule has 6 nitrogen and oxygen atoms in total. The number of aromatic amines is 1. The maximum atomic E-state index is 12.6. The van der Waals surface area contributed by atoms with E-state index in [2.05, 4.69) is 20.3 Å². The van der Waals surface area contributed by atoms with E-state index < -0.39 is 12.8 Å². The van der Waals surface area contributed by atoms with Crippen LogP contribution in [0.5, 0.6) is 5.06 Å². The number of imidazole rings is 1. The van der Waals surface area contributed by atoms with Crippen LogP contribution in [-0.2, 0) is 4.79 Å². The number of carbonyl (C=O) groups excluding carboxylic acids is 1. The zero-order valence-electron chi connectivity index (χ0n) is 15.9. The standard InChI is InChI=1S/C20H19F3N4O2S/c1-11(16-5-6-17(30-16)29-10-20(21,22)23)26-19(28)13-8-12(13)18-25-9-15(27-18)14-4-2-3-7-24-14/h2-7,9,11-13H,8,10H2,1H3,(H,25,27)(H,26,28)/t11?,12-,13-/m1/s1. The normalized spacial score (nSPS) is 19.3. The second-order valence-corrected chi connectivity index (χ2v) is 8.21. The summed E-state index contributed by atoms with van der Waals surface area (Å²) in [7, 11) is 0. The fourth-order valence-electron chi connectivity index (χ4n) is 3.15. The number of alkyl halides is 3. The van der Waals surface area contributed by atoms with Gasteiger partial charge < -0.3 is 15.0 Å². The van der Waals surface area contributed by atoms with Crippen molar-refractivity contribution in [1.29, 1.82) is 0 Å². The van der Waals surface area contributed by atoms with Crippen LogP contribution in [0.25, 0.3) is 11.4 Å². The van der Waals surface area contributed by atoms with Gasteiger partial charge in [-0.25, -0.2) is 4.98 Å². The van der Waals surface area contributed by atoms with Gasteiger partial charge in [0, 0.05) is 22.9 Å². The maximum absolute atomic E-state index is 12.6. The van der Waals surface area contributed by atoms with Crippen molar-refractivity contribution in [3.8, 4) is 16.5 Å². The molecule has 2 N–H and O–H groups in total. The average molecular weight is 436 g/mol. The number of aromatic nitrogens is 3. The topological polar surface area (TPSA) is 79.9 Å². The molecule has 0 saturated heterocycles. The molecule has 3 aromatic heterocycles. The first-order chi connectivity index (χ1) is 14.3. The Morgan fingerprint density at radius 3 is 2.90 bits per heavy atom. The summed E-state index contributed by atoms with van der Waals surface area (Å²) in [4.78, 5) is 25.2. The summed E-state index contributed by atoms with van der Waals surface area (Å²) >= 11 is 1.09. The van der Waals surface area contributed by atoms with Gasteiger partial charge in [-0.1, -0.05) is 6.07 Å². The van der Waals surface area contributed by atoms with Crippen LogP contribution in [0.15, 0.2) is 42.7 Å². The first-order valence-corrected chi connectivity index (χ1v) is 10.2. The average Bonchev–Trinajstić information content (AvgIpc) is 3.14. The highest BCUT2D eigenvalue weighted by atomic mass is 32.1. The molecule has 3 aromatic rings. The molecule has 3 atom stereocenters. The highest BCUT2D eigenvalue weighted by Gasteiger charge is 2.46. The van der Waals surface area contributed by atoms with Crippen molar-refractivity contribution >= 4 is 17.2 Å². The van der Waals surface area contributed by atoms with Crippen LogP contribution in [0, 0.1) is 5.92 Å². The fraction of sp³-hybridized carbons (Fsp3) is 0.350. The number of amides is 1. The molecule has 1 aliphatic carbocycles. The summed E-state index contributed by atoms with van der Waals surface area (Å²) in [6.45, 7) is 0.460. The molecule has 0 spiro atoms. The Morgan fingerprint density at radius 2 is 2.17 bits per heavy atom. The van der Waals surface area contributed by atoms with Crippen molar-refractivity contribution in [1.82, 2.24) is 20.3 Å². The molecule has 4 rings (SSSR count). The third-order valence-electron chi connectivity index (χ3n) is 4.78. The van der Waals surface area contributed by atoms with Crippen molar-refractivity contribution < 1.29 is 22.7 Å². The van der Waals surface area contributed by atoms with Gasteiger partial charge in [-0.2, -0.15) is 13.2 Å². The van der Waals surface area contributed by atoms with Crippen LogP contribution < -0.4 is 10.1 Å². The van der Waals surface area contributed by atoms with Gasteiger partial charge in [0.2, 0.25) is 5.91 Å². The minimum atomic E-state index is -4.38. The van der Waals surface area contributed by atoms with Gasteiger partial charge in [-0.15, -0.1) is 11.3 Å². The minimum Gasteiger partial charge on any atom is -0.475 e. The number of thiophene rings is 1. The van der Waals surface area contributed by atoms with E-state index in [-0.39, 0.29) is 28.8 Å². The van der Waals surface area contributed by atoms with Crippen molar-refractivity contribution in [3.05, 3.63) is 53.4 Å². The number of halogens is 3. The highest BCUT2D eigenvalue weighted by Crippen LogP contribution is 2.47. The number of H-pyrrole nitrogens is 1. The van der Waals surface area contributed by atoms with Crippen molar-refractivity contribution in [2.45, 2.75) is 31.5 Å². The summed E-state index contributed by atoms with van der Waals surface area (Å²) in [6, 6.07) is 8.43. The lowest BCUT2D eigenvalue weighted by molar-refractivity contribution is -0.152. The fourth-order valence-corrected chi connectivity index (χ4v) is 4.01. The molecule has 0 radical (unpaired) electrons. The van der Waals surface area contributed by atoms with E-state index in [9.17, 15) is 18.0 Å². The van der Waals surface area contributed by atoms with Crippen LogP contribution in [0.3, 0.4) is 0 Å². The van der Waals surface area contributed by atoms with Gasteiger partial charge in [0.25, 0.3) is 0 Å². The highest BCUT2D eigenvalue weighted by molar-refractivity contribution is 7.13. The molecular formula is C20H19F3N4O2S. The minimum absolute atomic E-state index is 0.0173. The number of carbonyl (C=O) groups is 1. The number of nitrogens with one attached hydrogen (secondary N) is 2. The van der Waals surface area contributed by atoms with Crippen molar-refractivity contribution in [2.24, 2.45) is 5.92 Å². The molecule has 30 heavy (non-hydrogen) atoms. The van der Waals surface area contributed by atoms with Gasteiger partial charge >= 0.3 is 6.18 Å². The summed E-state index contributed by atoms with van der Waals surface area (Å²) in [5, 5.41) is 3.09. The van der Waals surface area contributed by atoms with Crippen molar-refractivity contribution in [3.63, 3.8) is 0 Å². The smallest absolute Gasteiger partial charge is 0.422 e. The molecule has 0 bridgehead atoms. The van der Waals surface area contributed by atoms with E-state index in [0.29, 0.717) is 6.42 Å². The molecule has 1 aliphatic rings. The zero-order chi connectivity index (χ0) is 21.3. The Bertz CT molecular complexity index is 1020. The van der Waals surface area contributed by atoms with E-state index in [1.54, 1.807) is 25.4 Å². The molecular weight excluding hydrogens is 417 g/mol. The lowest BCUT2D eigenvalue weighted by Crippen LogP contribution is -2.28. The van der Waals surface area contributed by atoms with E-state index >= 15 is 0 Å². The van der Waals surface area contributed by atoms with Gasteiger partial charge in [0.05, 0.1) is 23.6 Å². The SMILES string of the molecule is CC(NC(=O)[C@@H]1C[C@H]1c1ncc(-c2ccccn2)[nH]1)c1ccc(OCC(F)(F)F)s1. The zero-order valence-corrected chi connectivity index (χ0v) is 16.8. The van der Waals surface area contributed by atoms with Gasteiger partial charge in [-0.05, 0) is 37.6 Å². The molecule has 1 unspecified atom stereocenters. The van der Waals surface area contributed by atoms with Crippen LogP contribution in [0.1, 0.15) is 36.0 Å². The second-order valence-electron chi connectivity index (χ2n) is 7.14. The summed E-state index contributed by atoms with van der Waals surface area (Å²) in [5.41, 5.74) is 1.59. The number of rotatable bonds is 7. The monoisotopic (exact) mass is 436 g/mol. The Balaban J connectivity index is 1.31. The third kappa shape index (κ3) is 4.81. The first-order valence-electron chi connectivity index (χ1n) is 9.36. The Hall–Kier alpha value is -2.88. The maximum Gasteiger partial charge on any atom is 0.422 e. The summed E-state index contributed by atoms with van der Waals surface area (Å²) in [6.07, 6.45) is -0.276. The molecule has 0 aromatic carbocycles. The van der Waals surface area contributed by atoms with Gasteiger partial charge in [0.15, 0.2) is 11.7 Å². The number of ether oxygens (including phenoxy) is 1. The molecule has 1 saturated carbocycles. The molecule has 1 amide bonds. The predicted molar refractivity (Wildman–Crippen MR) is 105 cm³/mol. The Labute approximate surface area is 174 Å². The largest absolute Gasteiger partial charge is 0.475 e. The first kappa shape index (κ1) is 20.4. The third-order valence-corrected chi connectivity index (χ3v) is 5.96. The lowest BCUT2D eigenvalue weighted by Gasteiger charge is -2.12. The van der Waals surface area contributed by atoms with E-state index in [4.69, 9.17) is 4.74 Å². The van der Waals surface area contributed by atoms with Gasteiger partial charge in [-0.3, -0.25) is 9.78 Å². The Morgan fingerprint density at radius 1 is 1.33 bits per heavy atom. The van der Waals surface area contributed by atoms with E-state index in [0.717, 1.165) is 33.4 Å². The molecule has 10 heteroatoms. The summed E-state index contributed by atoms with van der Waals surface area (Å²) < 4.78 is 41.5. The van der Waals surface area contributed by atoms with Crippen molar-refractivity contribution in [2.75, 3.05) is 6.61 Å². The lowest BCUT2D eigenvalue weighted by atomic mass is 10.2. The summed E-state index contributed by atoms with van der Waals surface area (Å²) in [5.74, 6) is 0.483. The molecule has 3 heterocycles.